The molecule has 0 fully saturated rings. The maximum atomic E-state index is 14.6. The van der Waals surface area contributed by atoms with E-state index in [0.29, 0.717) is 30.0 Å². The van der Waals surface area contributed by atoms with Crippen LogP contribution in [-0.4, -0.2) is 101 Å². The van der Waals surface area contributed by atoms with E-state index in [1.54, 1.807) is 36.4 Å². The molecule has 18 heteroatoms. The molecule has 0 unspecified atom stereocenters. The number of nitrogens with zero attached hydrogens (tertiary/aromatic N) is 1. The van der Waals surface area contributed by atoms with Gasteiger partial charge in [-0.05, 0) is 104 Å². The normalized spacial score (nSPS) is 17.1. The number of nitrogens with one attached hydrogen (secondary N) is 5. The first-order chi connectivity index (χ1) is 30.5. The highest BCUT2D eigenvalue weighted by molar-refractivity contribution is 6.30. The average molecular weight is 897 g/mol. The quantitative estimate of drug-likeness (QED) is 0.0618. The Morgan fingerprint density at radius 3 is 2.09 bits per heavy atom. The number of ketones is 1. The van der Waals surface area contributed by atoms with Gasteiger partial charge in [0.15, 0.2) is 5.78 Å². The van der Waals surface area contributed by atoms with E-state index >= 15 is 0 Å². The Bertz CT molecular complexity index is 2380. The van der Waals surface area contributed by atoms with Crippen molar-refractivity contribution in [3.8, 4) is 33.8 Å². The van der Waals surface area contributed by atoms with E-state index in [9.17, 15) is 43.8 Å². The molecule has 0 saturated carbocycles. The number of hydrogen-bond donors (Lipinski definition) is 9. The van der Waals surface area contributed by atoms with Crippen molar-refractivity contribution in [1.29, 1.82) is 0 Å². The van der Waals surface area contributed by atoms with E-state index < -0.39 is 71.6 Å². The van der Waals surface area contributed by atoms with Crippen molar-refractivity contribution in [2.24, 2.45) is 11.5 Å². The van der Waals surface area contributed by atoms with Crippen LogP contribution in [0.25, 0.3) is 22.3 Å². The molecule has 17 nitrogen and oxygen atoms in total. The smallest absolute Gasteiger partial charge is 0.251 e. The third-order valence-electron chi connectivity index (χ3n) is 10.9. The molecule has 338 valence electrons. The number of hydrogen-bond acceptors (Lipinski definition) is 11. The monoisotopic (exact) mass is 896 g/mol. The summed E-state index contributed by atoms with van der Waals surface area (Å²) in [5, 5.41) is 35.6. The molecule has 1 heterocycles. The second-order valence-corrected chi connectivity index (χ2v) is 15.9. The summed E-state index contributed by atoms with van der Waals surface area (Å²) in [6, 6.07) is 17.2. The average Bonchev–Trinajstić information content (AvgIpc) is 3.28. The topological polar surface area (TPSA) is 275 Å². The van der Waals surface area contributed by atoms with Gasteiger partial charge in [-0.1, -0.05) is 48.0 Å². The summed E-state index contributed by atoms with van der Waals surface area (Å²) in [6.07, 6.45) is -0.971. The molecule has 4 aromatic rings. The molecule has 4 aromatic carbocycles. The Kier molecular flexibility index (Phi) is 16.6. The van der Waals surface area contributed by atoms with Gasteiger partial charge in [0.1, 0.15) is 41.8 Å². The van der Waals surface area contributed by atoms with Gasteiger partial charge in [0.25, 0.3) is 5.91 Å². The number of nitrogens with two attached hydrogens (primary N) is 2. The van der Waals surface area contributed by atoms with Crippen LogP contribution in [0.2, 0.25) is 5.02 Å². The van der Waals surface area contributed by atoms with Crippen LogP contribution in [0.15, 0.2) is 84.9 Å². The second kappa shape index (κ2) is 22.0. The molecular formula is C46H53ClN8O9. The Hall–Kier alpha value is -6.82. The molecule has 1 aliphatic heterocycles. The fourth-order valence-corrected chi connectivity index (χ4v) is 7.31. The molecule has 0 aromatic heterocycles. The number of halogens is 1. The minimum absolute atomic E-state index is 0.0734. The van der Waals surface area contributed by atoms with Crippen molar-refractivity contribution in [1.82, 2.24) is 31.5 Å². The number of carbonyl (C=O) groups excluding carboxylic acids is 7. The number of unbranched alkanes of at least 4 members (excludes halogenated alkanes) is 1. The SMILES string of the molecule is CNC(=O)CCC(=O)[C@H](N)NC(=O)[C@@H]1Cc2ccc(O)c(c2)-c2cc(ccc2O)[C@H](N(C)C(=O)[C@H](CCCCN)NC(=O)c2ccc(-c3ccc(Cl)cc3)cc2)C(=O)N[C@@H](C)C(=O)N1. The summed E-state index contributed by atoms with van der Waals surface area (Å²) in [6.45, 7) is 1.70. The van der Waals surface area contributed by atoms with Gasteiger partial charge in [0.2, 0.25) is 29.5 Å². The van der Waals surface area contributed by atoms with Crippen molar-refractivity contribution in [3.05, 3.63) is 107 Å². The molecule has 64 heavy (non-hydrogen) atoms. The number of carbonyl (C=O) groups is 7. The van der Waals surface area contributed by atoms with Crippen LogP contribution in [-0.2, 0) is 35.2 Å². The van der Waals surface area contributed by atoms with Crippen molar-refractivity contribution < 1.29 is 43.8 Å². The van der Waals surface area contributed by atoms with Crippen LogP contribution in [0.3, 0.4) is 0 Å². The molecule has 5 atom stereocenters. The number of aromatic hydroxyl groups is 2. The van der Waals surface area contributed by atoms with Gasteiger partial charge in [-0.25, -0.2) is 0 Å². The van der Waals surface area contributed by atoms with E-state index in [4.69, 9.17) is 23.1 Å². The van der Waals surface area contributed by atoms with Crippen LogP contribution >= 0.6 is 11.6 Å². The molecule has 1 aliphatic rings. The van der Waals surface area contributed by atoms with Gasteiger partial charge in [-0.3, -0.25) is 33.6 Å². The number of amides is 6. The lowest BCUT2D eigenvalue weighted by Gasteiger charge is -2.32. The van der Waals surface area contributed by atoms with Crippen LogP contribution in [0.5, 0.6) is 11.5 Å². The van der Waals surface area contributed by atoms with Crippen LogP contribution in [0.4, 0.5) is 0 Å². The molecule has 4 bridgehead atoms. The van der Waals surface area contributed by atoms with Crippen LogP contribution in [0.1, 0.15) is 66.6 Å². The highest BCUT2D eigenvalue weighted by Gasteiger charge is 2.36. The van der Waals surface area contributed by atoms with Gasteiger partial charge in [0.05, 0.1) is 0 Å². The Morgan fingerprint density at radius 2 is 1.45 bits per heavy atom. The number of phenolic OH excluding ortho intramolecular Hbond substituents is 2. The van der Waals surface area contributed by atoms with Gasteiger partial charge in [-0.15, -0.1) is 0 Å². The zero-order valence-corrected chi connectivity index (χ0v) is 36.4. The third kappa shape index (κ3) is 12.2. The van der Waals surface area contributed by atoms with E-state index in [1.165, 1.54) is 57.4 Å². The fraction of sp³-hybridized carbons (Fsp3) is 0.326. The highest BCUT2D eigenvalue weighted by Crippen LogP contribution is 2.39. The van der Waals surface area contributed by atoms with E-state index in [2.05, 4.69) is 26.6 Å². The van der Waals surface area contributed by atoms with Gasteiger partial charge in [-0.2, -0.15) is 0 Å². The largest absolute Gasteiger partial charge is 0.507 e. The summed E-state index contributed by atoms with van der Waals surface area (Å²) in [5.74, 6) is -5.30. The lowest BCUT2D eigenvalue weighted by molar-refractivity contribution is -0.141. The molecule has 0 saturated heterocycles. The molecule has 0 radical (unpaired) electrons. The summed E-state index contributed by atoms with van der Waals surface area (Å²) >= 11 is 6.04. The first kappa shape index (κ1) is 48.2. The fourth-order valence-electron chi connectivity index (χ4n) is 7.19. The summed E-state index contributed by atoms with van der Waals surface area (Å²) in [7, 11) is 2.78. The minimum atomic E-state index is -1.52. The molecule has 0 spiro atoms. The molecule has 6 amide bonds. The van der Waals surface area contributed by atoms with Crippen molar-refractivity contribution in [3.63, 3.8) is 0 Å². The maximum absolute atomic E-state index is 14.6. The summed E-state index contributed by atoms with van der Waals surface area (Å²) < 4.78 is 0. The van der Waals surface area contributed by atoms with Crippen molar-refractivity contribution in [2.75, 3.05) is 20.6 Å². The summed E-state index contributed by atoms with van der Waals surface area (Å²) in [4.78, 5) is 95.5. The Balaban J connectivity index is 1.46. The maximum Gasteiger partial charge on any atom is 0.251 e. The zero-order valence-electron chi connectivity index (χ0n) is 35.7. The lowest BCUT2D eigenvalue weighted by atomic mass is 9.93. The Labute approximate surface area is 375 Å². The standard InChI is InChI=1S/C46H53ClN8O9/c1-25-42(60)53-35(44(62)54-41(49)38(58)19-20-39(59)50-2)23-26-7-17-36(56)32(22-26)33-24-30(14-18-37(33)57)40(45(63)51-25)55(3)46(64)34(6-4-5-21-48)52-43(61)29-10-8-27(9-11-29)28-12-15-31(47)16-13-28/h7-18,22,24-25,34-35,40-41,56-57H,4-6,19-21,23,48-49H2,1-3H3,(H,50,59)(H,51,63)(H,52,61)(H,53,60)(H,54,62)/t25-,34-,35-,40-,41+/m0/s1. The van der Waals surface area contributed by atoms with Crippen molar-refractivity contribution >= 4 is 52.8 Å². The van der Waals surface area contributed by atoms with E-state index in [-0.39, 0.29) is 59.4 Å². The first-order valence-electron chi connectivity index (χ1n) is 20.7. The molecule has 0 aliphatic carbocycles. The number of Topliss-reactive ketones (excluding diaryl/α,β-unsaturated/α-hetero) is 1. The number of benzene rings is 4. The van der Waals surface area contributed by atoms with Gasteiger partial charge >= 0.3 is 0 Å². The highest BCUT2D eigenvalue weighted by atomic mass is 35.5. The van der Waals surface area contributed by atoms with E-state index in [1.807, 2.05) is 12.1 Å². The molecular weight excluding hydrogens is 844 g/mol. The van der Waals surface area contributed by atoms with Crippen molar-refractivity contribution in [2.45, 2.75) is 75.8 Å². The number of phenols is 2. The molecule has 5 rings (SSSR count). The van der Waals surface area contributed by atoms with Crippen LogP contribution in [0, 0.1) is 0 Å². The second-order valence-electron chi connectivity index (χ2n) is 15.5. The summed E-state index contributed by atoms with van der Waals surface area (Å²) in [5.41, 5.74) is 14.5. The first-order valence-corrected chi connectivity index (χ1v) is 21.1. The number of fused-ring (bicyclic) bond motifs is 5. The van der Waals surface area contributed by atoms with Crippen LogP contribution < -0.4 is 38.1 Å². The third-order valence-corrected chi connectivity index (χ3v) is 11.1. The lowest BCUT2D eigenvalue weighted by Crippen LogP contribution is -2.58. The molecule has 11 N–H and O–H groups in total. The number of rotatable bonds is 15. The van der Waals surface area contributed by atoms with Gasteiger partial charge in [0, 0.05) is 55.1 Å². The number of likely N-dealkylation sites (N-methyl/N-ethyl adjacent to an activating group) is 1. The predicted molar refractivity (Wildman–Crippen MR) is 239 cm³/mol. The van der Waals surface area contributed by atoms with Gasteiger partial charge < -0.3 is 53.2 Å². The Morgan fingerprint density at radius 1 is 0.828 bits per heavy atom. The van der Waals surface area contributed by atoms with E-state index in [0.717, 1.165) is 16.0 Å². The minimum Gasteiger partial charge on any atom is -0.507 e. The predicted octanol–water partition coefficient (Wildman–Crippen LogP) is 2.55. The zero-order chi connectivity index (χ0) is 46.7.